The van der Waals surface area contributed by atoms with Crippen molar-refractivity contribution in [3.05, 3.63) is 29.8 Å². The number of nitrogens with one attached hydrogen (secondary N) is 2. The van der Waals surface area contributed by atoms with E-state index in [9.17, 15) is 9.59 Å². The molecule has 0 radical (unpaired) electrons. The summed E-state index contributed by atoms with van der Waals surface area (Å²) >= 11 is 5.52. The highest BCUT2D eigenvalue weighted by molar-refractivity contribution is 6.31. The number of amides is 3. The molecular weight excluding hydrogens is 256 g/mol. The second kappa shape index (κ2) is 6.86. The van der Waals surface area contributed by atoms with Crippen LogP contribution in [0.4, 0.5) is 4.79 Å². The first kappa shape index (κ1) is 14.3. The molecule has 1 unspecified atom stereocenters. The van der Waals surface area contributed by atoms with Crippen LogP contribution >= 0.6 is 11.6 Å². The maximum Gasteiger partial charge on any atom is 0.321 e. The molecule has 0 aromatic heterocycles. The van der Waals surface area contributed by atoms with Crippen LogP contribution in [0.25, 0.3) is 0 Å². The zero-order valence-corrected chi connectivity index (χ0v) is 11.0. The Morgan fingerprint density at radius 3 is 2.44 bits per heavy atom. The van der Waals surface area contributed by atoms with Gasteiger partial charge in [0, 0.05) is 6.54 Å². The quantitative estimate of drug-likeness (QED) is 0.818. The molecule has 2 N–H and O–H groups in total. The van der Waals surface area contributed by atoms with Gasteiger partial charge in [0.05, 0.1) is 7.11 Å². The Kier molecular flexibility index (Phi) is 5.45. The highest BCUT2D eigenvalue weighted by Crippen LogP contribution is 2.10. The molecule has 1 atom stereocenters. The maximum absolute atomic E-state index is 11.3. The number of urea groups is 1. The summed E-state index contributed by atoms with van der Waals surface area (Å²) in [4.78, 5) is 22.5. The lowest BCUT2D eigenvalue weighted by molar-refractivity contribution is -0.119. The first-order chi connectivity index (χ1) is 8.52. The highest BCUT2D eigenvalue weighted by atomic mass is 35.5. The third kappa shape index (κ3) is 4.63. The molecule has 0 fully saturated rings. The third-order valence-corrected chi connectivity index (χ3v) is 2.41. The van der Waals surface area contributed by atoms with Gasteiger partial charge in [0.2, 0.25) is 5.91 Å². The molecule has 0 spiro atoms. The Labute approximate surface area is 110 Å². The third-order valence-electron chi connectivity index (χ3n) is 2.21. The molecule has 1 aromatic carbocycles. The van der Waals surface area contributed by atoms with E-state index in [0.717, 1.165) is 11.3 Å². The van der Waals surface area contributed by atoms with Crippen LogP contribution in [-0.4, -0.2) is 24.4 Å². The molecule has 5 nitrogen and oxygen atoms in total. The minimum atomic E-state index is -0.739. The normalized spacial score (nSPS) is 11.5. The van der Waals surface area contributed by atoms with Crippen molar-refractivity contribution in [2.24, 2.45) is 0 Å². The Morgan fingerprint density at radius 1 is 1.33 bits per heavy atom. The molecule has 98 valence electrons. The van der Waals surface area contributed by atoms with Crippen molar-refractivity contribution >= 4 is 23.5 Å². The van der Waals surface area contributed by atoms with Crippen LogP contribution in [0.1, 0.15) is 12.5 Å². The Balaban J connectivity index is 2.40. The first-order valence-corrected chi connectivity index (χ1v) is 5.82. The zero-order chi connectivity index (χ0) is 13.5. The second-order valence-electron chi connectivity index (χ2n) is 3.64. The van der Waals surface area contributed by atoms with Gasteiger partial charge in [-0.3, -0.25) is 10.1 Å². The van der Waals surface area contributed by atoms with Crippen molar-refractivity contribution in [2.45, 2.75) is 18.8 Å². The van der Waals surface area contributed by atoms with Crippen LogP contribution in [0.2, 0.25) is 0 Å². The fraction of sp³-hybridized carbons (Fsp3) is 0.333. The van der Waals surface area contributed by atoms with E-state index in [0.29, 0.717) is 6.54 Å². The van der Waals surface area contributed by atoms with Crippen LogP contribution < -0.4 is 15.4 Å². The van der Waals surface area contributed by atoms with Crippen LogP contribution in [-0.2, 0) is 11.3 Å². The summed E-state index contributed by atoms with van der Waals surface area (Å²) in [6, 6.07) is 6.67. The smallest absolute Gasteiger partial charge is 0.321 e. The summed E-state index contributed by atoms with van der Waals surface area (Å²) in [5, 5.41) is 3.94. The Hall–Kier alpha value is -1.75. The number of hydrogen-bond donors (Lipinski definition) is 2. The van der Waals surface area contributed by atoms with Gasteiger partial charge in [-0.05, 0) is 24.6 Å². The summed E-state index contributed by atoms with van der Waals surface area (Å²) in [6.45, 7) is 1.81. The zero-order valence-electron chi connectivity index (χ0n) is 10.2. The summed E-state index contributed by atoms with van der Waals surface area (Å²) in [5.41, 5.74) is 0.900. The average molecular weight is 271 g/mol. The van der Waals surface area contributed by atoms with Crippen LogP contribution in [0.3, 0.4) is 0 Å². The van der Waals surface area contributed by atoms with E-state index in [1.165, 1.54) is 6.92 Å². The van der Waals surface area contributed by atoms with Gasteiger partial charge in [-0.15, -0.1) is 11.6 Å². The molecule has 0 bridgehead atoms. The second-order valence-corrected chi connectivity index (χ2v) is 4.29. The van der Waals surface area contributed by atoms with Crippen molar-refractivity contribution in [1.29, 1.82) is 0 Å². The minimum absolute atomic E-state index is 0.319. The van der Waals surface area contributed by atoms with E-state index in [2.05, 4.69) is 10.6 Å². The summed E-state index contributed by atoms with van der Waals surface area (Å²) in [7, 11) is 1.58. The van der Waals surface area contributed by atoms with Crippen molar-refractivity contribution < 1.29 is 14.3 Å². The van der Waals surface area contributed by atoms with Gasteiger partial charge in [-0.1, -0.05) is 12.1 Å². The van der Waals surface area contributed by atoms with E-state index in [1.807, 2.05) is 12.1 Å². The van der Waals surface area contributed by atoms with Crippen molar-refractivity contribution in [3.63, 3.8) is 0 Å². The van der Waals surface area contributed by atoms with Crippen LogP contribution in [0, 0.1) is 0 Å². The van der Waals surface area contributed by atoms with Crippen molar-refractivity contribution in [1.82, 2.24) is 10.6 Å². The average Bonchev–Trinajstić information content (AvgIpc) is 2.36. The number of ether oxygens (including phenoxy) is 1. The monoisotopic (exact) mass is 270 g/mol. The topological polar surface area (TPSA) is 67.4 Å². The molecule has 0 aliphatic carbocycles. The number of hydrogen-bond acceptors (Lipinski definition) is 3. The molecule has 0 aliphatic heterocycles. The maximum atomic E-state index is 11.3. The molecule has 18 heavy (non-hydrogen) atoms. The number of imide groups is 1. The lowest BCUT2D eigenvalue weighted by atomic mass is 10.2. The minimum Gasteiger partial charge on any atom is -0.497 e. The van der Waals surface area contributed by atoms with Gasteiger partial charge in [0.15, 0.2) is 0 Å². The van der Waals surface area contributed by atoms with Gasteiger partial charge in [0.25, 0.3) is 0 Å². The summed E-state index contributed by atoms with van der Waals surface area (Å²) in [5.74, 6) is 0.221. The van der Waals surface area contributed by atoms with E-state index < -0.39 is 17.3 Å². The highest BCUT2D eigenvalue weighted by Gasteiger charge is 2.12. The van der Waals surface area contributed by atoms with Gasteiger partial charge in [-0.2, -0.15) is 0 Å². The molecule has 0 aliphatic rings. The van der Waals surface area contributed by atoms with Crippen molar-refractivity contribution in [2.75, 3.05) is 7.11 Å². The largest absolute Gasteiger partial charge is 0.497 e. The van der Waals surface area contributed by atoms with E-state index >= 15 is 0 Å². The number of carbonyl (C=O) groups is 2. The molecule has 0 saturated heterocycles. The molecule has 1 aromatic rings. The molecule has 3 amide bonds. The van der Waals surface area contributed by atoms with Crippen molar-refractivity contribution in [3.8, 4) is 5.75 Å². The number of benzene rings is 1. The number of methoxy groups -OCH3 is 1. The fourth-order valence-electron chi connectivity index (χ4n) is 1.18. The predicted molar refractivity (Wildman–Crippen MR) is 68.7 cm³/mol. The molecule has 6 heteroatoms. The number of halogens is 1. The fourth-order valence-corrected chi connectivity index (χ4v) is 1.24. The molecular formula is C12H15ClN2O3. The van der Waals surface area contributed by atoms with E-state index in [1.54, 1.807) is 19.2 Å². The number of rotatable bonds is 4. The molecule has 0 heterocycles. The standard InChI is InChI=1S/C12H15ClN2O3/c1-8(13)11(16)15-12(17)14-7-9-3-5-10(18-2)6-4-9/h3-6,8H,7H2,1-2H3,(H2,14,15,16,17). The SMILES string of the molecule is COc1ccc(CNC(=O)NC(=O)C(C)Cl)cc1. The van der Waals surface area contributed by atoms with E-state index in [4.69, 9.17) is 16.3 Å². The summed E-state index contributed by atoms with van der Waals surface area (Å²) < 4.78 is 5.01. The van der Waals surface area contributed by atoms with Gasteiger partial charge < -0.3 is 10.1 Å². The lowest BCUT2D eigenvalue weighted by Crippen LogP contribution is -2.41. The number of alkyl halides is 1. The predicted octanol–water partition coefficient (Wildman–Crippen LogP) is 1.65. The van der Waals surface area contributed by atoms with E-state index in [-0.39, 0.29) is 0 Å². The number of carbonyl (C=O) groups excluding carboxylic acids is 2. The van der Waals surface area contributed by atoms with Crippen LogP contribution in [0.5, 0.6) is 5.75 Å². The van der Waals surface area contributed by atoms with Gasteiger partial charge in [0.1, 0.15) is 11.1 Å². The lowest BCUT2D eigenvalue weighted by Gasteiger charge is -2.08. The summed E-state index contributed by atoms with van der Waals surface area (Å²) in [6.07, 6.45) is 0. The Bertz CT molecular complexity index is 418. The Morgan fingerprint density at radius 2 is 1.94 bits per heavy atom. The van der Waals surface area contributed by atoms with Gasteiger partial charge in [-0.25, -0.2) is 4.79 Å². The van der Waals surface area contributed by atoms with Gasteiger partial charge >= 0.3 is 6.03 Å². The molecule has 0 saturated carbocycles. The first-order valence-electron chi connectivity index (χ1n) is 5.38. The molecule has 1 rings (SSSR count). The van der Waals surface area contributed by atoms with Crippen LogP contribution in [0.15, 0.2) is 24.3 Å².